The molecule has 0 radical (unpaired) electrons. The highest BCUT2D eigenvalue weighted by molar-refractivity contribution is 5.95. The van der Waals surface area contributed by atoms with Crippen LogP contribution in [0.2, 0.25) is 0 Å². The first-order valence-corrected chi connectivity index (χ1v) is 7.96. The highest BCUT2D eigenvalue weighted by Gasteiger charge is 2.07. The van der Waals surface area contributed by atoms with Crippen LogP contribution in [-0.4, -0.2) is 25.0 Å². The fourth-order valence-electron chi connectivity index (χ4n) is 2.20. The molecule has 5 heteroatoms. The third-order valence-corrected chi connectivity index (χ3v) is 3.37. The number of ether oxygens (including phenoxy) is 1. The Balaban J connectivity index is 1.75. The van der Waals surface area contributed by atoms with E-state index < -0.39 is 0 Å². The zero-order chi connectivity index (χ0) is 17.4. The van der Waals surface area contributed by atoms with E-state index in [0.717, 1.165) is 11.3 Å². The molecule has 24 heavy (non-hydrogen) atoms. The van der Waals surface area contributed by atoms with Gasteiger partial charge in [-0.25, -0.2) is 0 Å². The topological polar surface area (TPSA) is 67.4 Å². The molecule has 0 aliphatic carbocycles. The van der Waals surface area contributed by atoms with Gasteiger partial charge in [-0.15, -0.1) is 0 Å². The average Bonchev–Trinajstić information content (AvgIpc) is 2.57. The molecular formula is C19H22N2O3. The second-order valence-electron chi connectivity index (χ2n) is 5.38. The number of benzene rings is 2. The maximum absolute atomic E-state index is 12.0. The highest BCUT2D eigenvalue weighted by Crippen LogP contribution is 2.15. The molecule has 0 saturated heterocycles. The second kappa shape index (κ2) is 8.72. The monoisotopic (exact) mass is 326 g/mol. The van der Waals surface area contributed by atoms with Crippen LogP contribution in [0.1, 0.15) is 29.3 Å². The van der Waals surface area contributed by atoms with Gasteiger partial charge >= 0.3 is 0 Å². The van der Waals surface area contributed by atoms with Crippen molar-refractivity contribution in [2.45, 2.75) is 20.3 Å². The predicted octanol–water partition coefficient (Wildman–Crippen LogP) is 3.15. The minimum atomic E-state index is -0.174. The van der Waals surface area contributed by atoms with Crippen molar-refractivity contribution in [2.24, 2.45) is 0 Å². The maximum Gasteiger partial charge on any atom is 0.251 e. The van der Waals surface area contributed by atoms with E-state index in [2.05, 4.69) is 10.6 Å². The molecule has 0 aliphatic rings. The maximum atomic E-state index is 12.0. The number of carbonyl (C=O) groups excluding carboxylic acids is 2. The molecule has 2 aromatic carbocycles. The summed E-state index contributed by atoms with van der Waals surface area (Å²) in [5.74, 6) is 0.442. The van der Waals surface area contributed by atoms with Crippen LogP contribution in [0, 0.1) is 6.92 Å². The first-order chi connectivity index (χ1) is 11.6. The van der Waals surface area contributed by atoms with Gasteiger partial charge in [-0.2, -0.15) is 0 Å². The largest absolute Gasteiger partial charge is 0.494 e. The summed E-state index contributed by atoms with van der Waals surface area (Å²) in [5.41, 5.74) is 2.33. The van der Waals surface area contributed by atoms with E-state index in [9.17, 15) is 9.59 Å². The summed E-state index contributed by atoms with van der Waals surface area (Å²) < 4.78 is 5.35. The number of carbonyl (C=O) groups is 2. The molecule has 2 aromatic rings. The van der Waals surface area contributed by atoms with Crippen molar-refractivity contribution in [1.82, 2.24) is 5.32 Å². The van der Waals surface area contributed by atoms with E-state index in [1.54, 1.807) is 30.3 Å². The van der Waals surface area contributed by atoms with E-state index >= 15 is 0 Å². The zero-order valence-corrected chi connectivity index (χ0v) is 14.0. The molecule has 2 rings (SSSR count). The van der Waals surface area contributed by atoms with Gasteiger partial charge in [0.25, 0.3) is 5.91 Å². The van der Waals surface area contributed by atoms with Gasteiger partial charge in [-0.3, -0.25) is 9.59 Å². The lowest BCUT2D eigenvalue weighted by molar-refractivity contribution is -0.116. The van der Waals surface area contributed by atoms with E-state index in [1.807, 2.05) is 32.0 Å². The molecule has 2 amide bonds. The van der Waals surface area contributed by atoms with Crippen LogP contribution in [0.3, 0.4) is 0 Å². The van der Waals surface area contributed by atoms with Gasteiger partial charge in [0.2, 0.25) is 5.91 Å². The molecule has 0 atom stereocenters. The van der Waals surface area contributed by atoms with Gasteiger partial charge in [-0.05, 0) is 50.2 Å². The SMILES string of the molecule is CCOc1ccc(NC(=O)CCNC(=O)c2cccc(C)c2)cc1. The predicted molar refractivity (Wildman–Crippen MR) is 94.4 cm³/mol. The van der Waals surface area contributed by atoms with E-state index in [4.69, 9.17) is 4.74 Å². The summed E-state index contributed by atoms with van der Waals surface area (Å²) in [6, 6.07) is 14.5. The third kappa shape index (κ3) is 5.43. The van der Waals surface area contributed by atoms with Crippen LogP contribution in [0.5, 0.6) is 5.75 Å². The Hall–Kier alpha value is -2.82. The van der Waals surface area contributed by atoms with Crippen molar-refractivity contribution in [1.29, 1.82) is 0 Å². The molecule has 0 fully saturated rings. The number of hydrogen-bond acceptors (Lipinski definition) is 3. The van der Waals surface area contributed by atoms with Crippen LogP contribution in [-0.2, 0) is 4.79 Å². The minimum absolute atomic E-state index is 0.149. The van der Waals surface area contributed by atoms with Gasteiger partial charge in [0.1, 0.15) is 5.75 Å². The fourth-order valence-corrected chi connectivity index (χ4v) is 2.20. The summed E-state index contributed by atoms with van der Waals surface area (Å²) in [7, 11) is 0. The van der Waals surface area contributed by atoms with Crippen molar-refractivity contribution in [2.75, 3.05) is 18.5 Å². The number of rotatable bonds is 7. The number of aryl methyl sites for hydroxylation is 1. The van der Waals surface area contributed by atoms with Gasteiger partial charge in [0.05, 0.1) is 6.61 Å². The molecule has 0 saturated carbocycles. The summed E-state index contributed by atoms with van der Waals surface area (Å²) in [6.07, 6.45) is 0.213. The summed E-state index contributed by atoms with van der Waals surface area (Å²) >= 11 is 0. The van der Waals surface area contributed by atoms with Gasteiger partial charge in [0, 0.05) is 24.2 Å². The molecule has 0 aromatic heterocycles. The van der Waals surface area contributed by atoms with Crippen LogP contribution < -0.4 is 15.4 Å². The molecular weight excluding hydrogens is 304 g/mol. The summed E-state index contributed by atoms with van der Waals surface area (Å²) in [4.78, 5) is 23.9. The van der Waals surface area contributed by atoms with Crippen LogP contribution in [0.4, 0.5) is 5.69 Å². The molecule has 0 aliphatic heterocycles. The quantitative estimate of drug-likeness (QED) is 0.821. The van der Waals surface area contributed by atoms with E-state index in [0.29, 0.717) is 17.9 Å². The Morgan fingerprint density at radius 2 is 1.83 bits per heavy atom. The van der Waals surface area contributed by atoms with Gasteiger partial charge < -0.3 is 15.4 Å². The van der Waals surface area contributed by atoms with Crippen molar-refractivity contribution in [3.05, 3.63) is 59.7 Å². The number of nitrogens with one attached hydrogen (secondary N) is 2. The van der Waals surface area contributed by atoms with Crippen molar-refractivity contribution in [3.63, 3.8) is 0 Å². The lowest BCUT2D eigenvalue weighted by Crippen LogP contribution is -2.27. The van der Waals surface area contributed by atoms with Crippen LogP contribution in [0.15, 0.2) is 48.5 Å². The normalized spacial score (nSPS) is 10.1. The molecule has 5 nitrogen and oxygen atoms in total. The average molecular weight is 326 g/mol. The lowest BCUT2D eigenvalue weighted by Gasteiger charge is -2.08. The number of amides is 2. The van der Waals surface area contributed by atoms with Gasteiger partial charge in [-0.1, -0.05) is 17.7 Å². The van der Waals surface area contributed by atoms with E-state index in [-0.39, 0.29) is 24.8 Å². The minimum Gasteiger partial charge on any atom is -0.494 e. The molecule has 0 unspecified atom stereocenters. The Morgan fingerprint density at radius 1 is 1.08 bits per heavy atom. The number of hydrogen-bond donors (Lipinski definition) is 2. The Kier molecular flexibility index (Phi) is 6.37. The van der Waals surface area contributed by atoms with Crippen molar-refractivity contribution < 1.29 is 14.3 Å². The highest BCUT2D eigenvalue weighted by atomic mass is 16.5. The fraction of sp³-hybridized carbons (Fsp3) is 0.263. The third-order valence-electron chi connectivity index (χ3n) is 3.37. The van der Waals surface area contributed by atoms with Crippen LogP contribution >= 0.6 is 0 Å². The second-order valence-corrected chi connectivity index (χ2v) is 5.38. The zero-order valence-electron chi connectivity index (χ0n) is 14.0. The smallest absolute Gasteiger partial charge is 0.251 e. The van der Waals surface area contributed by atoms with Crippen LogP contribution in [0.25, 0.3) is 0 Å². The van der Waals surface area contributed by atoms with Crippen molar-refractivity contribution >= 4 is 17.5 Å². The number of anilines is 1. The first kappa shape index (κ1) is 17.5. The Bertz CT molecular complexity index is 696. The lowest BCUT2D eigenvalue weighted by atomic mass is 10.1. The standard InChI is InChI=1S/C19H22N2O3/c1-3-24-17-9-7-16(8-10-17)21-18(22)11-12-20-19(23)15-6-4-5-14(2)13-15/h4-10,13H,3,11-12H2,1-2H3,(H,20,23)(H,21,22). The van der Waals surface area contributed by atoms with E-state index in [1.165, 1.54) is 0 Å². The van der Waals surface area contributed by atoms with Crippen molar-refractivity contribution in [3.8, 4) is 5.75 Å². The molecule has 126 valence electrons. The first-order valence-electron chi connectivity index (χ1n) is 7.96. The Morgan fingerprint density at radius 3 is 2.50 bits per heavy atom. The molecule has 0 heterocycles. The molecule has 0 spiro atoms. The Labute approximate surface area is 142 Å². The molecule has 2 N–H and O–H groups in total. The summed E-state index contributed by atoms with van der Waals surface area (Å²) in [5, 5.41) is 5.54. The molecule has 0 bridgehead atoms. The van der Waals surface area contributed by atoms with Gasteiger partial charge in [0.15, 0.2) is 0 Å². The summed E-state index contributed by atoms with van der Waals surface area (Å²) in [6.45, 7) is 4.74.